The molecule has 0 saturated carbocycles. The van der Waals surface area contributed by atoms with Crippen molar-refractivity contribution in [3.8, 4) is 0 Å². The summed E-state index contributed by atoms with van der Waals surface area (Å²) in [5.41, 5.74) is 1.21. The normalized spacial score (nSPS) is 22.2. The van der Waals surface area contributed by atoms with Crippen LogP contribution in [0.15, 0.2) is 18.3 Å². The summed E-state index contributed by atoms with van der Waals surface area (Å²) in [5, 5.41) is 13.5. The van der Waals surface area contributed by atoms with E-state index in [1.54, 1.807) is 0 Å². The highest BCUT2D eigenvalue weighted by molar-refractivity contribution is 5.49. The molecule has 118 valence electrons. The first-order valence-corrected chi connectivity index (χ1v) is 7.85. The van der Waals surface area contributed by atoms with Crippen LogP contribution in [-0.4, -0.2) is 60.9 Å². The fraction of sp³-hybridized carbons (Fsp3) is 0.688. The smallest absolute Gasteiger partial charge is 0.133 e. The van der Waals surface area contributed by atoms with Crippen molar-refractivity contribution in [1.29, 1.82) is 0 Å². The van der Waals surface area contributed by atoms with Gasteiger partial charge in [0.25, 0.3) is 0 Å². The number of nitrogens with zero attached hydrogens (tertiary/aromatic N) is 3. The molecule has 1 aromatic heterocycles. The minimum absolute atomic E-state index is 0.256. The molecule has 1 aromatic rings. The van der Waals surface area contributed by atoms with Gasteiger partial charge in [0.05, 0.1) is 6.10 Å². The molecular formula is C16H28N4O. The van der Waals surface area contributed by atoms with Crippen LogP contribution in [0.2, 0.25) is 0 Å². The van der Waals surface area contributed by atoms with Crippen molar-refractivity contribution < 1.29 is 5.11 Å². The summed E-state index contributed by atoms with van der Waals surface area (Å²) in [6, 6.07) is 4.44. The Kier molecular flexibility index (Phi) is 5.96. The van der Waals surface area contributed by atoms with Gasteiger partial charge in [-0.2, -0.15) is 0 Å². The standard InChI is InChI=1S/C16H28N4O/c1-4-7-17-10-13-6-5-8-18-16(13)20-12-15(21)9-14(20)11-19(2)3/h5-6,8,14-15,17,21H,4,7,9-12H2,1-3H3. The summed E-state index contributed by atoms with van der Waals surface area (Å²) >= 11 is 0. The maximum atomic E-state index is 10.0. The Labute approximate surface area is 128 Å². The molecule has 1 aliphatic rings. The molecule has 1 aliphatic heterocycles. The molecule has 1 saturated heterocycles. The molecule has 5 nitrogen and oxygen atoms in total. The molecule has 2 atom stereocenters. The average Bonchev–Trinajstić information content (AvgIpc) is 2.79. The highest BCUT2D eigenvalue weighted by Crippen LogP contribution is 2.27. The number of pyridine rings is 1. The molecule has 2 N–H and O–H groups in total. The van der Waals surface area contributed by atoms with Crippen molar-refractivity contribution >= 4 is 5.82 Å². The second-order valence-corrected chi connectivity index (χ2v) is 6.12. The first kappa shape index (κ1) is 16.2. The fourth-order valence-corrected chi connectivity index (χ4v) is 2.97. The third-order valence-corrected chi connectivity index (χ3v) is 3.85. The number of aliphatic hydroxyl groups excluding tert-OH is 1. The minimum atomic E-state index is -0.256. The zero-order valence-electron chi connectivity index (χ0n) is 13.4. The Morgan fingerprint density at radius 2 is 2.29 bits per heavy atom. The minimum Gasteiger partial charge on any atom is -0.391 e. The lowest BCUT2D eigenvalue weighted by Crippen LogP contribution is -2.38. The quantitative estimate of drug-likeness (QED) is 0.737. The number of anilines is 1. The molecule has 0 spiro atoms. The summed E-state index contributed by atoms with van der Waals surface area (Å²) in [5.74, 6) is 1.02. The summed E-state index contributed by atoms with van der Waals surface area (Å²) < 4.78 is 0. The second kappa shape index (κ2) is 7.73. The van der Waals surface area contributed by atoms with Crippen molar-refractivity contribution in [2.24, 2.45) is 0 Å². The van der Waals surface area contributed by atoms with E-state index < -0.39 is 0 Å². The molecule has 1 fully saturated rings. The Hall–Kier alpha value is -1.17. The third kappa shape index (κ3) is 4.40. The lowest BCUT2D eigenvalue weighted by molar-refractivity contribution is 0.191. The Balaban J connectivity index is 2.14. The number of rotatable bonds is 7. The van der Waals surface area contributed by atoms with E-state index in [1.165, 1.54) is 5.56 Å². The number of hydrogen-bond donors (Lipinski definition) is 2. The topological polar surface area (TPSA) is 51.6 Å². The van der Waals surface area contributed by atoms with Crippen molar-refractivity contribution in [2.45, 2.75) is 38.5 Å². The van der Waals surface area contributed by atoms with Gasteiger partial charge in [-0.05, 0) is 39.5 Å². The van der Waals surface area contributed by atoms with Crippen molar-refractivity contribution in [2.75, 3.05) is 38.6 Å². The van der Waals surface area contributed by atoms with Gasteiger partial charge in [0.2, 0.25) is 0 Å². The van der Waals surface area contributed by atoms with E-state index in [1.807, 2.05) is 12.3 Å². The Morgan fingerprint density at radius 3 is 3.00 bits per heavy atom. The maximum absolute atomic E-state index is 10.0. The second-order valence-electron chi connectivity index (χ2n) is 6.12. The number of β-amino-alcohol motifs (C(OH)–C–C–N with tert-alkyl or cyclic N) is 1. The summed E-state index contributed by atoms with van der Waals surface area (Å²) in [6.45, 7) is 5.63. The molecule has 21 heavy (non-hydrogen) atoms. The molecular weight excluding hydrogens is 264 g/mol. The van der Waals surface area contributed by atoms with Crippen LogP contribution in [0.25, 0.3) is 0 Å². The largest absolute Gasteiger partial charge is 0.391 e. The fourth-order valence-electron chi connectivity index (χ4n) is 2.97. The van der Waals surface area contributed by atoms with Gasteiger partial charge in [0.1, 0.15) is 5.82 Å². The van der Waals surface area contributed by atoms with Gasteiger partial charge in [-0.1, -0.05) is 13.0 Å². The zero-order valence-corrected chi connectivity index (χ0v) is 13.4. The van der Waals surface area contributed by atoms with Gasteiger partial charge < -0.3 is 20.2 Å². The average molecular weight is 292 g/mol. The van der Waals surface area contributed by atoms with Crippen molar-refractivity contribution in [3.63, 3.8) is 0 Å². The summed E-state index contributed by atoms with van der Waals surface area (Å²) in [4.78, 5) is 9.03. The number of aliphatic hydroxyl groups is 1. The van der Waals surface area contributed by atoms with Crippen LogP contribution in [-0.2, 0) is 6.54 Å². The lowest BCUT2D eigenvalue weighted by atomic mass is 10.1. The van der Waals surface area contributed by atoms with E-state index in [9.17, 15) is 5.11 Å². The third-order valence-electron chi connectivity index (χ3n) is 3.85. The molecule has 0 amide bonds. The lowest BCUT2D eigenvalue weighted by Gasteiger charge is -2.29. The van der Waals surface area contributed by atoms with Crippen LogP contribution in [0.3, 0.4) is 0 Å². The van der Waals surface area contributed by atoms with Gasteiger partial charge >= 0.3 is 0 Å². The van der Waals surface area contributed by atoms with Crippen LogP contribution in [0.5, 0.6) is 0 Å². The SMILES string of the molecule is CCCNCc1cccnc1N1CC(O)CC1CN(C)C. The van der Waals surface area contributed by atoms with E-state index in [4.69, 9.17) is 0 Å². The van der Waals surface area contributed by atoms with Crippen LogP contribution >= 0.6 is 0 Å². The van der Waals surface area contributed by atoms with Crippen molar-refractivity contribution in [1.82, 2.24) is 15.2 Å². The number of aromatic nitrogens is 1. The van der Waals surface area contributed by atoms with Crippen LogP contribution in [0.4, 0.5) is 5.82 Å². The molecule has 2 heterocycles. The van der Waals surface area contributed by atoms with Gasteiger partial charge in [-0.15, -0.1) is 0 Å². The van der Waals surface area contributed by atoms with Crippen LogP contribution in [0.1, 0.15) is 25.3 Å². The van der Waals surface area contributed by atoms with Crippen LogP contribution in [0, 0.1) is 0 Å². The Bertz CT molecular complexity index is 438. The number of nitrogens with one attached hydrogen (secondary N) is 1. The summed E-state index contributed by atoms with van der Waals surface area (Å²) in [6.07, 6.45) is 3.53. The molecule has 2 rings (SSSR count). The zero-order chi connectivity index (χ0) is 15.2. The number of likely N-dealkylation sites (N-methyl/N-ethyl adjacent to an activating group) is 1. The molecule has 0 aromatic carbocycles. The van der Waals surface area contributed by atoms with E-state index in [2.05, 4.69) is 47.2 Å². The number of hydrogen-bond acceptors (Lipinski definition) is 5. The first-order chi connectivity index (χ1) is 10.1. The predicted octanol–water partition coefficient (Wildman–Crippen LogP) is 1.08. The maximum Gasteiger partial charge on any atom is 0.133 e. The van der Waals surface area contributed by atoms with E-state index in [-0.39, 0.29) is 6.10 Å². The van der Waals surface area contributed by atoms with Gasteiger partial charge in [-0.3, -0.25) is 0 Å². The highest BCUT2D eigenvalue weighted by Gasteiger charge is 2.33. The molecule has 5 heteroatoms. The monoisotopic (exact) mass is 292 g/mol. The molecule has 2 unspecified atom stereocenters. The van der Waals surface area contributed by atoms with Crippen LogP contribution < -0.4 is 10.2 Å². The van der Waals surface area contributed by atoms with E-state index in [0.717, 1.165) is 38.3 Å². The first-order valence-electron chi connectivity index (χ1n) is 7.85. The Morgan fingerprint density at radius 1 is 1.48 bits per heavy atom. The van der Waals surface area contributed by atoms with Crippen molar-refractivity contribution in [3.05, 3.63) is 23.9 Å². The summed E-state index contributed by atoms with van der Waals surface area (Å²) in [7, 11) is 4.15. The highest BCUT2D eigenvalue weighted by atomic mass is 16.3. The molecule has 0 radical (unpaired) electrons. The van der Waals surface area contributed by atoms with Gasteiger partial charge in [0.15, 0.2) is 0 Å². The van der Waals surface area contributed by atoms with E-state index >= 15 is 0 Å². The molecule has 0 aliphatic carbocycles. The van der Waals surface area contributed by atoms with Gasteiger partial charge in [-0.25, -0.2) is 4.98 Å². The van der Waals surface area contributed by atoms with Gasteiger partial charge in [0, 0.05) is 37.4 Å². The predicted molar refractivity (Wildman–Crippen MR) is 86.5 cm³/mol. The van der Waals surface area contributed by atoms with E-state index in [0.29, 0.717) is 12.6 Å². The molecule has 0 bridgehead atoms.